The normalized spacial score (nSPS) is 30.4. The van der Waals surface area contributed by atoms with Gasteiger partial charge in [-0.3, -0.25) is 9.52 Å². The molecule has 3 rings (SSSR count). The Hall–Kier alpha value is -2.33. The third kappa shape index (κ3) is 8.89. The Balaban J connectivity index is 2.11. The standard InChI is InChI=1S/C37H53ClN2O3S/c1-9-13-30-21-32(38)16-17-33(30)27(7)23-40-24-31-15-18-34(31)37(42,19-10-2)20-12-14-26(6)28(8)44(43)39-36(41)29(11-3)22-35(40)25(4)5/h11,16-17,21-22,26-28,31,34,42H,3,9,12-15,18,20,23-24H2,1-2,4-8H3,(H,39,41)/b29-22+. The molecule has 1 heterocycles. The Morgan fingerprint density at radius 2 is 2.02 bits per heavy atom. The topological polar surface area (TPSA) is 69.6 Å². The molecule has 1 aliphatic carbocycles. The van der Waals surface area contributed by atoms with Gasteiger partial charge in [0.25, 0.3) is 5.91 Å². The van der Waals surface area contributed by atoms with Crippen molar-refractivity contribution in [3.8, 4) is 11.8 Å². The van der Waals surface area contributed by atoms with Gasteiger partial charge < -0.3 is 10.0 Å². The lowest BCUT2D eigenvalue weighted by Crippen LogP contribution is -2.50. The molecule has 7 atom stereocenters. The second-order valence-electron chi connectivity index (χ2n) is 13.1. The predicted octanol–water partition coefficient (Wildman–Crippen LogP) is 7.87. The summed E-state index contributed by atoms with van der Waals surface area (Å²) in [7, 11) is -1.56. The maximum atomic E-state index is 13.4. The molecule has 7 unspecified atom stereocenters. The Morgan fingerprint density at radius 3 is 2.61 bits per heavy atom. The molecule has 1 aromatic rings. The number of carbonyl (C=O) groups excluding carboxylic acids is 1. The smallest absolute Gasteiger partial charge is 0.262 e. The number of nitrogens with one attached hydrogen (secondary N) is 1. The number of aryl methyl sites for hydroxylation is 1. The fraction of sp³-hybridized carbons (Fsp3) is 0.595. The highest BCUT2D eigenvalue weighted by atomic mass is 35.5. The van der Waals surface area contributed by atoms with Crippen LogP contribution in [0.25, 0.3) is 0 Å². The van der Waals surface area contributed by atoms with E-state index in [0.29, 0.717) is 12.0 Å². The molecule has 1 amide bonds. The number of nitrogens with zero attached hydrogens (tertiary/aromatic N) is 1. The maximum absolute atomic E-state index is 13.4. The number of carbonyl (C=O) groups is 1. The first-order chi connectivity index (χ1) is 20.8. The predicted molar refractivity (Wildman–Crippen MR) is 185 cm³/mol. The Bertz CT molecular complexity index is 1340. The van der Waals surface area contributed by atoms with Crippen LogP contribution in [-0.2, 0) is 22.2 Å². The molecule has 0 spiro atoms. The minimum Gasteiger partial charge on any atom is -0.377 e. The molecule has 7 heteroatoms. The fourth-order valence-electron chi connectivity index (χ4n) is 6.80. The first-order valence-electron chi connectivity index (χ1n) is 16.3. The van der Waals surface area contributed by atoms with Gasteiger partial charge in [-0.2, -0.15) is 0 Å². The zero-order chi connectivity index (χ0) is 32.6. The highest BCUT2D eigenvalue weighted by Crippen LogP contribution is 2.45. The van der Waals surface area contributed by atoms with Crippen molar-refractivity contribution in [3.05, 3.63) is 69.9 Å². The number of hydrogen-bond acceptors (Lipinski definition) is 4. The van der Waals surface area contributed by atoms with Gasteiger partial charge in [-0.25, -0.2) is 4.21 Å². The van der Waals surface area contributed by atoms with Gasteiger partial charge in [-0.1, -0.05) is 69.0 Å². The number of fused-ring (bicyclic) bond motifs is 1. The van der Waals surface area contributed by atoms with E-state index in [1.165, 1.54) is 11.1 Å². The summed E-state index contributed by atoms with van der Waals surface area (Å²) < 4.78 is 16.0. The number of amides is 1. The molecule has 0 bridgehead atoms. The molecular formula is C37H53ClN2O3S. The molecule has 0 saturated heterocycles. The maximum Gasteiger partial charge on any atom is 0.262 e. The molecule has 2 aliphatic rings. The van der Waals surface area contributed by atoms with E-state index in [9.17, 15) is 14.1 Å². The molecule has 44 heavy (non-hydrogen) atoms. The highest BCUT2D eigenvalue weighted by molar-refractivity contribution is 7.84. The molecule has 2 N–H and O–H groups in total. The Labute approximate surface area is 274 Å². The number of halogens is 1. The van der Waals surface area contributed by atoms with E-state index < -0.39 is 16.6 Å². The molecule has 1 aromatic carbocycles. The number of hydrogen-bond donors (Lipinski definition) is 2. The fourth-order valence-corrected chi connectivity index (χ4v) is 8.04. The second-order valence-corrected chi connectivity index (χ2v) is 15.1. The average molecular weight is 641 g/mol. The summed E-state index contributed by atoms with van der Waals surface area (Å²) in [6, 6.07) is 6.20. The zero-order valence-electron chi connectivity index (χ0n) is 27.8. The molecule has 5 nitrogen and oxygen atoms in total. The van der Waals surface area contributed by atoms with Crippen molar-refractivity contribution in [3.63, 3.8) is 0 Å². The van der Waals surface area contributed by atoms with Crippen molar-refractivity contribution in [2.24, 2.45) is 17.8 Å². The van der Waals surface area contributed by atoms with Crippen molar-refractivity contribution < 1.29 is 14.1 Å². The van der Waals surface area contributed by atoms with Gasteiger partial charge in [-0.15, -0.1) is 5.92 Å². The van der Waals surface area contributed by atoms with Gasteiger partial charge in [-0.05, 0) is 113 Å². The summed E-state index contributed by atoms with van der Waals surface area (Å²) >= 11 is 6.40. The van der Waals surface area contributed by atoms with Gasteiger partial charge in [0.15, 0.2) is 0 Å². The van der Waals surface area contributed by atoms with Crippen molar-refractivity contribution in [2.75, 3.05) is 13.1 Å². The number of rotatable bonds is 6. The Morgan fingerprint density at radius 1 is 1.30 bits per heavy atom. The molecule has 1 fully saturated rings. The summed E-state index contributed by atoms with van der Waals surface area (Å²) in [6.07, 6.45) is 9.55. The Kier molecular flexibility index (Phi) is 13.4. The number of allylic oxidation sites excluding steroid dienone is 2. The lowest BCUT2D eigenvalue weighted by atomic mass is 9.63. The van der Waals surface area contributed by atoms with Crippen molar-refractivity contribution in [1.82, 2.24) is 9.62 Å². The van der Waals surface area contributed by atoms with E-state index in [4.69, 9.17) is 11.6 Å². The first kappa shape index (κ1) is 36.1. The second kappa shape index (κ2) is 16.3. The minimum atomic E-state index is -1.56. The molecule has 242 valence electrons. The summed E-state index contributed by atoms with van der Waals surface area (Å²) in [5.74, 6) is 6.47. The zero-order valence-corrected chi connectivity index (χ0v) is 29.4. The average Bonchev–Trinajstić information content (AvgIpc) is 2.94. The van der Waals surface area contributed by atoms with E-state index in [1.54, 1.807) is 13.0 Å². The van der Waals surface area contributed by atoms with Gasteiger partial charge in [0.05, 0.1) is 5.25 Å². The first-order valence-corrected chi connectivity index (χ1v) is 17.9. The van der Waals surface area contributed by atoms with Crippen molar-refractivity contribution in [1.29, 1.82) is 0 Å². The lowest BCUT2D eigenvalue weighted by molar-refractivity contribution is -0.115. The molecular weight excluding hydrogens is 588 g/mol. The van der Waals surface area contributed by atoms with E-state index >= 15 is 0 Å². The van der Waals surface area contributed by atoms with Crippen LogP contribution >= 0.6 is 11.6 Å². The van der Waals surface area contributed by atoms with E-state index in [1.807, 2.05) is 19.1 Å². The van der Waals surface area contributed by atoms with Gasteiger partial charge in [0.2, 0.25) is 0 Å². The van der Waals surface area contributed by atoms with Crippen molar-refractivity contribution >= 4 is 28.5 Å². The number of aliphatic hydroxyl groups is 1. The lowest BCUT2D eigenvalue weighted by Gasteiger charge is -2.48. The van der Waals surface area contributed by atoms with Crippen LogP contribution in [0.3, 0.4) is 0 Å². The van der Waals surface area contributed by atoms with E-state index in [2.05, 4.69) is 74.8 Å². The molecule has 1 saturated carbocycles. The summed E-state index contributed by atoms with van der Waals surface area (Å²) in [4.78, 5) is 15.8. The SMILES string of the molecule is C=C/C1=C\C(=C(C)C)N(CC(C)c2ccc(Cl)cc2CCC)CC2CCC2C(O)(C#CC)CCCC(C)C(C)S(=O)NC1=O. The van der Waals surface area contributed by atoms with Crippen molar-refractivity contribution in [2.45, 2.75) is 110 Å². The van der Waals surface area contributed by atoms with Gasteiger partial charge >= 0.3 is 0 Å². The highest BCUT2D eigenvalue weighted by Gasteiger charge is 2.46. The van der Waals surface area contributed by atoms with Crippen LogP contribution in [0.5, 0.6) is 0 Å². The summed E-state index contributed by atoms with van der Waals surface area (Å²) in [6.45, 7) is 19.7. The van der Waals surface area contributed by atoms with Crippen LogP contribution in [0.15, 0.2) is 53.8 Å². The van der Waals surface area contributed by atoms with Crippen LogP contribution in [0.2, 0.25) is 5.02 Å². The van der Waals surface area contributed by atoms with Gasteiger partial charge in [0.1, 0.15) is 16.6 Å². The van der Waals surface area contributed by atoms with E-state index in [0.717, 1.165) is 67.9 Å². The summed E-state index contributed by atoms with van der Waals surface area (Å²) in [5, 5.41) is 12.5. The van der Waals surface area contributed by atoms with Crippen LogP contribution in [0.4, 0.5) is 0 Å². The third-order valence-corrected chi connectivity index (χ3v) is 11.4. The summed E-state index contributed by atoms with van der Waals surface area (Å²) in [5.41, 5.74) is 3.89. The largest absolute Gasteiger partial charge is 0.377 e. The minimum absolute atomic E-state index is 0.0678. The third-order valence-electron chi connectivity index (χ3n) is 9.65. The van der Waals surface area contributed by atoms with E-state index in [-0.39, 0.29) is 34.8 Å². The molecule has 1 aliphatic heterocycles. The number of benzene rings is 1. The van der Waals surface area contributed by atoms with Crippen LogP contribution in [0, 0.1) is 29.6 Å². The van der Waals surface area contributed by atoms with Crippen LogP contribution in [0.1, 0.15) is 104 Å². The van der Waals surface area contributed by atoms with Gasteiger partial charge in [0, 0.05) is 35.3 Å². The monoisotopic (exact) mass is 640 g/mol. The quantitative estimate of drug-likeness (QED) is 0.311. The molecule has 0 radical (unpaired) electrons. The van der Waals surface area contributed by atoms with Crippen LogP contribution in [-0.4, -0.2) is 44.1 Å². The van der Waals surface area contributed by atoms with Crippen LogP contribution < -0.4 is 4.72 Å². The molecule has 0 aromatic heterocycles.